The Labute approximate surface area is 160 Å². The first-order valence-corrected chi connectivity index (χ1v) is 9.07. The number of amides is 1. The summed E-state index contributed by atoms with van der Waals surface area (Å²) in [7, 11) is 0. The van der Waals surface area contributed by atoms with Crippen LogP contribution in [0, 0.1) is 37.9 Å². The van der Waals surface area contributed by atoms with Crippen LogP contribution in [0.4, 0.5) is 9.52 Å². The molecule has 3 rings (SSSR count). The van der Waals surface area contributed by atoms with E-state index in [0.29, 0.717) is 5.13 Å². The lowest BCUT2D eigenvalue weighted by Crippen LogP contribution is -2.13. The Bertz CT molecular complexity index is 1070. The first kappa shape index (κ1) is 18.5. The molecule has 7 heteroatoms. The van der Waals surface area contributed by atoms with E-state index in [1.54, 1.807) is 18.2 Å². The van der Waals surface area contributed by atoms with Crippen LogP contribution in [-0.4, -0.2) is 15.5 Å². The summed E-state index contributed by atoms with van der Waals surface area (Å²) >= 11 is 1.31. The van der Waals surface area contributed by atoms with Crippen molar-refractivity contribution in [1.29, 1.82) is 5.26 Å². The maximum Gasteiger partial charge on any atom is 0.268 e. The number of nitrogens with zero attached hydrogens (tertiary/aromatic N) is 3. The zero-order valence-corrected chi connectivity index (χ0v) is 15.9. The zero-order chi connectivity index (χ0) is 19.6. The van der Waals surface area contributed by atoms with Crippen molar-refractivity contribution in [1.82, 2.24) is 9.55 Å². The average Bonchev–Trinajstić information content (AvgIpc) is 3.16. The number of anilines is 1. The number of thiazole rings is 1. The van der Waals surface area contributed by atoms with E-state index in [-0.39, 0.29) is 11.4 Å². The second-order valence-electron chi connectivity index (χ2n) is 6.06. The molecular weight excluding hydrogens is 363 g/mol. The lowest BCUT2D eigenvalue weighted by Gasteiger charge is -2.09. The third-order valence-corrected chi connectivity index (χ3v) is 4.94. The number of nitrogens with one attached hydrogen (secondary N) is 1. The van der Waals surface area contributed by atoms with Crippen LogP contribution < -0.4 is 5.32 Å². The lowest BCUT2D eigenvalue weighted by atomic mass is 10.1. The lowest BCUT2D eigenvalue weighted by molar-refractivity contribution is -0.112. The van der Waals surface area contributed by atoms with Crippen LogP contribution in [0.3, 0.4) is 0 Å². The highest BCUT2D eigenvalue weighted by atomic mass is 32.1. The molecule has 0 unspecified atom stereocenters. The summed E-state index contributed by atoms with van der Waals surface area (Å²) in [5.74, 6) is -0.805. The van der Waals surface area contributed by atoms with E-state index in [4.69, 9.17) is 0 Å². The molecule has 0 atom stereocenters. The second kappa shape index (κ2) is 7.56. The average molecular weight is 380 g/mol. The van der Waals surface area contributed by atoms with Crippen molar-refractivity contribution in [3.63, 3.8) is 0 Å². The fourth-order valence-corrected chi connectivity index (χ4v) is 3.48. The van der Waals surface area contributed by atoms with Gasteiger partial charge in [0.25, 0.3) is 5.91 Å². The van der Waals surface area contributed by atoms with Gasteiger partial charge in [-0.25, -0.2) is 9.37 Å². The summed E-state index contributed by atoms with van der Waals surface area (Å²) in [6, 6.07) is 10.00. The molecule has 0 fully saturated rings. The fourth-order valence-electron chi connectivity index (χ4n) is 2.80. The highest BCUT2D eigenvalue weighted by molar-refractivity contribution is 7.13. The number of carbonyl (C=O) groups is 1. The molecule has 0 saturated carbocycles. The Morgan fingerprint density at radius 2 is 2.00 bits per heavy atom. The summed E-state index contributed by atoms with van der Waals surface area (Å²) in [6.07, 6.45) is 1.55. The fraction of sp³-hybridized carbons (Fsp3) is 0.150. The Morgan fingerprint density at radius 3 is 2.59 bits per heavy atom. The molecule has 0 aliphatic rings. The molecule has 3 aromatic rings. The van der Waals surface area contributed by atoms with Crippen LogP contribution in [-0.2, 0) is 4.79 Å². The topological polar surface area (TPSA) is 70.7 Å². The molecule has 0 spiro atoms. The van der Waals surface area contributed by atoms with Gasteiger partial charge in [-0.05, 0) is 62.7 Å². The molecule has 0 radical (unpaired) electrons. The van der Waals surface area contributed by atoms with Gasteiger partial charge in [0.2, 0.25) is 0 Å². The minimum atomic E-state index is -0.501. The molecule has 0 aliphatic heterocycles. The van der Waals surface area contributed by atoms with Crippen molar-refractivity contribution in [3.8, 4) is 11.8 Å². The van der Waals surface area contributed by atoms with Gasteiger partial charge < -0.3 is 4.57 Å². The minimum absolute atomic E-state index is 0.0118. The standard InChI is InChI=1S/C20H17FN4OS/c1-12-11-27-20(23-12)24-19(26)16(10-22)9-15-8-13(2)25(14(15)3)18-6-4-17(21)5-7-18/h4-9,11H,1-3H3,(H,23,24,26)/b16-9-. The van der Waals surface area contributed by atoms with Gasteiger partial charge in [-0.3, -0.25) is 10.1 Å². The quantitative estimate of drug-likeness (QED) is 0.533. The number of halogens is 1. The van der Waals surface area contributed by atoms with E-state index in [1.807, 2.05) is 42.9 Å². The first-order valence-electron chi connectivity index (χ1n) is 8.19. The summed E-state index contributed by atoms with van der Waals surface area (Å²) in [6.45, 7) is 5.63. The molecule has 1 aromatic carbocycles. The van der Waals surface area contributed by atoms with Gasteiger partial charge in [0.05, 0.1) is 5.69 Å². The van der Waals surface area contributed by atoms with Crippen LogP contribution in [0.25, 0.3) is 11.8 Å². The van der Waals surface area contributed by atoms with Crippen LogP contribution in [0.15, 0.2) is 41.3 Å². The zero-order valence-electron chi connectivity index (χ0n) is 15.1. The van der Waals surface area contributed by atoms with Crippen LogP contribution >= 0.6 is 11.3 Å². The molecule has 0 aliphatic carbocycles. The van der Waals surface area contributed by atoms with Crippen LogP contribution in [0.2, 0.25) is 0 Å². The largest absolute Gasteiger partial charge is 0.318 e. The molecule has 0 saturated heterocycles. The normalized spacial score (nSPS) is 11.3. The molecule has 27 heavy (non-hydrogen) atoms. The number of hydrogen-bond acceptors (Lipinski definition) is 4. The van der Waals surface area contributed by atoms with E-state index in [0.717, 1.165) is 28.3 Å². The van der Waals surface area contributed by atoms with E-state index in [1.165, 1.54) is 23.5 Å². The number of aryl methyl sites for hydroxylation is 2. The number of aromatic nitrogens is 2. The summed E-state index contributed by atoms with van der Waals surface area (Å²) in [5, 5.41) is 14.3. The predicted octanol–water partition coefficient (Wildman–Crippen LogP) is 4.54. The third kappa shape index (κ3) is 3.96. The Balaban J connectivity index is 1.93. The molecule has 2 aromatic heterocycles. The van der Waals surface area contributed by atoms with Crippen molar-refractivity contribution in [3.05, 3.63) is 69.7 Å². The van der Waals surface area contributed by atoms with Gasteiger partial charge in [0.1, 0.15) is 17.5 Å². The maximum absolute atomic E-state index is 13.2. The van der Waals surface area contributed by atoms with Gasteiger partial charge in [-0.2, -0.15) is 5.26 Å². The van der Waals surface area contributed by atoms with Gasteiger partial charge >= 0.3 is 0 Å². The van der Waals surface area contributed by atoms with Crippen molar-refractivity contribution < 1.29 is 9.18 Å². The highest BCUT2D eigenvalue weighted by Crippen LogP contribution is 2.23. The molecule has 5 nitrogen and oxygen atoms in total. The Hall–Kier alpha value is -3.24. The van der Waals surface area contributed by atoms with E-state index < -0.39 is 5.91 Å². The number of benzene rings is 1. The van der Waals surface area contributed by atoms with Gasteiger partial charge in [-0.1, -0.05) is 0 Å². The van der Waals surface area contributed by atoms with Crippen molar-refractivity contribution in [2.75, 3.05) is 5.32 Å². The minimum Gasteiger partial charge on any atom is -0.318 e. The van der Waals surface area contributed by atoms with E-state index in [9.17, 15) is 14.4 Å². The highest BCUT2D eigenvalue weighted by Gasteiger charge is 2.15. The van der Waals surface area contributed by atoms with E-state index in [2.05, 4.69) is 10.3 Å². The number of rotatable bonds is 4. The monoisotopic (exact) mass is 380 g/mol. The number of hydrogen-bond donors (Lipinski definition) is 1. The first-order chi connectivity index (χ1) is 12.9. The second-order valence-corrected chi connectivity index (χ2v) is 6.91. The Kier molecular flexibility index (Phi) is 5.19. The van der Waals surface area contributed by atoms with Crippen molar-refractivity contribution in [2.45, 2.75) is 20.8 Å². The summed E-state index contributed by atoms with van der Waals surface area (Å²) < 4.78 is 15.1. The van der Waals surface area contributed by atoms with Gasteiger partial charge in [0, 0.05) is 22.5 Å². The molecular formula is C20H17FN4OS. The summed E-state index contributed by atoms with van der Waals surface area (Å²) in [5.41, 5.74) is 4.12. The molecule has 1 N–H and O–H groups in total. The maximum atomic E-state index is 13.2. The molecule has 0 bridgehead atoms. The number of nitriles is 1. The Morgan fingerprint density at radius 1 is 1.30 bits per heavy atom. The van der Waals surface area contributed by atoms with E-state index >= 15 is 0 Å². The number of carbonyl (C=O) groups excluding carboxylic acids is 1. The van der Waals surface area contributed by atoms with Crippen molar-refractivity contribution in [2.24, 2.45) is 0 Å². The van der Waals surface area contributed by atoms with Crippen LogP contribution in [0.5, 0.6) is 0 Å². The van der Waals surface area contributed by atoms with Crippen LogP contribution in [0.1, 0.15) is 22.6 Å². The van der Waals surface area contributed by atoms with Crippen molar-refractivity contribution >= 4 is 28.5 Å². The van der Waals surface area contributed by atoms with Gasteiger partial charge in [0.15, 0.2) is 5.13 Å². The SMILES string of the molecule is Cc1csc(NC(=O)/C(C#N)=C\c2cc(C)n(-c3ccc(F)cc3)c2C)n1. The third-order valence-electron chi connectivity index (χ3n) is 4.06. The molecule has 1 amide bonds. The summed E-state index contributed by atoms with van der Waals surface area (Å²) in [4.78, 5) is 16.6. The molecule has 136 valence electrons. The molecule has 2 heterocycles. The smallest absolute Gasteiger partial charge is 0.268 e. The van der Waals surface area contributed by atoms with Gasteiger partial charge in [-0.15, -0.1) is 11.3 Å². The predicted molar refractivity (Wildman–Crippen MR) is 104 cm³/mol.